The number of carbonyl (C=O) groups is 1. The molecule has 168 valence electrons. The molecule has 1 atom stereocenters. The molecule has 0 unspecified atom stereocenters. The van der Waals surface area contributed by atoms with Gasteiger partial charge in [-0.2, -0.15) is 0 Å². The highest BCUT2D eigenvalue weighted by Gasteiger charge is 2.30. The van der Waals surface area contributed by atoms with Crippen molar-refractivity contribution in [1.29, 1.82) is 0 Å². The van der Waals surface area contributed by atoms with E-state index in [1.54, 1.807) is 24.3 Å². The number of amides is 1. The fourth-order valence-corrected chi connectivity index (χ4v) is 4.57. The first-order chi connectivity index (χ1) is 15.8. The molecule has 2 N–H and O–H groups in total. The van der Waals surface area contributed by atoms with Gasteiger partial charge in [0.25, 0.3) is 0 Å². The lowest BCUT2D eigenvalue weighted by molar-refractivity contribution is 0.0999. The molecular formula is C28H26ClNO3. The summed E-state index contributed by atoms with van der Waals surface area (Å²) < 4.78 is 6.44. The van der Waals surface area contributed by atoms with Crippen molar-refractivity contribution in [3.8, 4) is 0 Å². The summed E-state index contributed by atoms with van der Waals surface area (Å²) in [6.07, 6.45) is 0.415. The van der Waals surface area contributed by atoms with Gasteiger partial charge in [0.2, 0.25) is 5.91 Å². The highest BCUT2D eigenvalue weighted by molar-refractivity contribution is 6.31. The second-order valence-electron chi connectivity index (χ2n) is 8.75. The molecule has 1 amide bonds. The molecule has 0 aliphatic carbocycles. The lowest BCUT2D eigenvalue weighted by atomic mass is 9.80. The molecule has 33 heavy (non-hydrogen) atoms. The maximum atomic E-state index is 13.7. The van der Waals surface area contributed by atoms with E-state index in [4.69, 9.17) is 21.8 Å². The van der Waals surface area contributed by atoms with Gasteiger partial charge in [-0.05, 0) is 42.2 Å². The molecule has 0 spiro atoms. The van der Waals surface area contributed by atoms with Crippen LogP contribution in [0.2, 0.25) is 5.02 Å². The number of hydrogen-bond acceptors (Lipinski definition) is 3. The number of hydrogen-bond donors (Lipinski definition) is 1. The van der Waals surface area contributed by atoms with Crippen LogP contribution in [0.25, 0.3) is 11.0 Å². The minimum Gasteiger partial charge on any atom is -0.460 e. The molecule has 0 radical (unpaired) electrons. The number of benzene rings is 3. The Hall–Kier alpha value is -3.37. The molecule has 1 heterocycles. The van der Waals surface area contributed by atoms with Crippen molar-refractivity contribution >= 4 is 28.5 Å². The Morgan fingerprint density at radius 2 is 1.76 bits per heavy atom. The van der Waals surface area contributed by atoms with Crippen LogP contribution in [0.3, 0.4) is 0 Å². The molecule has 0 saturated heterocycles. The van der Waals surface area contributed by atoms with Crippen LogP contribution < -0.4 is 11.2 Å². The molecule has 0 bridgehead atoms. The zero-order chi connectivity index (χ0) is 23.7. The van der Waals surface area contributed by atoms with Crippen LogP contribution in [0.1, 0.15) is 58.1 Å². The van der Waals surface area contributed by atoms with Gasteiger partial charge in [-0.15, -0.1) is 0 Å². The van der Waals surface area contributed by atoms with E-state index >= 15 is 0 Å². The molecule has 3 aromatic carbocycles. The SMILES string of the molecule is Cc1ccc(C(N)=O)c([C@H](c2oc3cc(Cl)ccc3c(=O)c2Cc2ccccc2)C(C)C)c1. The fourth-order valence-electron chi connectivity index (χ4n) is 4.41. The molecule has 0 fully saturated rings. The summed E-state index contributed by atoms with van der Waals surface area (Å²) >= 11 is 6.22. The summed E-state index contributed by atoms with van der Waals surface area (Å²) in [5.74, 6) is -0.283. The average Bonchev–Trinajstić information content (AvgIpc) is 2.76. The second kappa shape index (κ2) is 9.24. The minimum atomic E-state index is -0.508. The molecule has 4 aromatic rings. The highest BCUT2D eigenvalue weighted by Crippen LogP contribution is 2.38. The summed E-state index contributed by atoms with van der Waals surface area (Å²) in [4.78, 5) is 26.0. The van der Waals surface area contributed by atoms with Crippen LogP contribution >= 0.6 is 11.6 Å². The number of halogens is 1. The van der Waals surface area contributed by atoms with Crippen LogP contribution in [0.15, 0.2) is 75.9 Å². The van der Waals surface area contributed by atoms with Crippen molar-refractivity contribution in [1.82, 2.24) is 0 Å². The first-order valence-corrected chi connectivity index (χ1v) is 11.3. The fraction of sp³-hybridized carbons (Fsp3) is 0.214. The zero-order valence-electron chi connectivity index (χ0n) is 18.9. The first-order valence-electron chi connectivity index (χ1n) is 11.0. The average molecular weight is 460 g/mol. The normalized spacial score (nSPS) is 12.3. The second-order valence-corrected chi connectivity index (χ2v) is 9.19. The smallest absolute Gasteiger partial charge is 0.249 e. The molecule has 4 nitrogen and oxygen atoms in total. The summed E-state index contributed by atoms with van der Waals surface area (Å²) in [7, 11) is 0. The van der Waals surface area contributed by atoms with E-state index < -0.39 is 5.91 Å². The summed E-state index contributed by atoms with van der Waals surface area (Å²) in [5, 5.41) is 0.970. The third-order valence-corrected chi connectivity index (χ3v) is 6.20. The standard InChI is InChI=1S/C28H26ClNO3/c1-16(2)25(22-13-17(3)9-11-20(22)28(30)32)27-23(14-18-7-5-4-6-8-18)26(31)21-12-10-19(29)15-24(21)33-27/h4-13,15-16,25H,14H2,1-3H3,(H2,30,32)/t25-/m1/s1. The third kappa shape index (κ3) is 4.57. The van der Waals surface area contributed by atoms with Gasteiger partial charge >= 0.3 is 0 Å². The van der Waals surface area contributed by atoms with E-state index in [9.17, 15) is 9.59 Å². The van der Waals surface area contributed by atoms with Crippen LogP contribution in [0.4, 0.5) is 0 Å². The minimum absolute atomic E-state index is 0.0270. The van der Waals surface area contributed by atoms with Crippen molar-refractivity contribution < 1.29 is 9.21 Å². The van der Waals surface area contributed by atoms with Gasteiger partial charge in [0, 0.05) is 34.6 Å². The maximum absolute atomic E-state index is 13.7. The van der Waals surface area contributed by atoms with E-state index in [-0.39, 0.29) is 17.3 Å². The lowest BCUT2D eigenvalue weighted by Gasteiger charge is -2.25. The predicted octanol–water partition coefficient (Wildman–Crippen LogP) is 6.23. The van der Waals surface area contributed by atoms with Gasteiger partial charge < -0.3 is 10.2 Å². The van der Waals surface area contributed by atoms with E-state index in [0.29, 0.717) is 39.3 Å². The molecule has 0 aliphatic rings. The van der Waals surface area contributed by atoms with Gasteiger partial charge in [-0.1, -0.05) is 73.5 Å². The Kier molecular flexibility index (Phi) is 6.39. The molecule has 5 heteroatoms. The van der Waals surface area contributed by atoms with Gasteiger partial charge in [-0.25, -0.2) is 0 Å². The maximum Gasteiger partial charge on any atom is 0.249 e. The van der Waals surface area contributed by atoms with Crippen molar-refractivity contribution in [2.24, 2.45) is 11.7 Å². The lowest BCUT2D eigenvalue weighted by Crippen LogP contribution is -2.22. The Morgan fingerprint density at radius 1 is 1.03 bits per heavy atom. The summed E-state index contributed by atoms with van der Waals surface area (Å²) in [6.45, 7) is 6.06. The molecule has 4 rings (SSSR count). The predicted molar refractivity (Wildman–Crippen MR) is 133 cm³/mol. The zero-order valence-corrected chi connectivity index (χ0v) is 19.6. The third-order valence-electron chi connectivity index (χ3n) is 5.96. The summed E-state index contributed by atoms with van der Waals surface area (Å²) in [6, 6.07) is 20.4. The number of fused-ring (bicyclic) bond motifs is 1. The Bertz CT molecular complexity index is 1390. The van der Waals surface area contributed by atoms with Gasteiger partial charge in [0.15, 0.2) is 5.43 Å². The molecule has 1 aromatic heterocycles. The number of primary amides is 1. The van der Waals surface area contributed by atoms with E-state index in [0.717, 1.165) is 16.7 Å². The molecular weight excluding hydrogens is 434 g/mol. The van der Waals surface area contributed by atoms with Crippen LogP contribution in [-0.2, 0) is 6.42 Å². The van der Waals surface area contributed by atoms with Gasteiger partial charge in [-0.3, -0.25) is 9.59 Å². The Labute approximate surface area is 198 Å². The molecule has 0 aliphatic heterocycles. The van der Waals surface area contributed by atoms with Crippen molar-refractivity contribution in [3.05, 3.63) is 116 Å². The van der Waals surface area contributed by atoms with Crippen LogP contribution in [0.5, 0.6) is 0 Å². The van der Waals surface area contributed by atoms with E-state index in [1.807, 2.05) is 63.2 Å². The summed E-state index contributed by atoms with van der Waals surface area (Å²) in [5.41, 5.74) is 9.83. The number of rotatable bonds is 6. The topological polar surface area (TPSA) is 73.3 Å². The van der Waals surface area contributed by atoms with E-state index in [1.165, 1.54) is 0 Å². The highest BCUT2D eigenvalue weighted by atomic mass is 35.5. The van der Waals surface area contributed by atoms with E-state index in [2.05, 4.69) is 0 Å². The number of carbonyl (C=O) groups excluding carboxylic acids is 1. The first kappa shape index (κ1) is 22.8. The Balaban J connectivity index is 2.05. The van der Waals surface area contributed by atoms with Crippen LogP contribution in [0, 0.1) is 12.8 Å². The van der Waals surface area contributed by atoms with Crippen molar-refractivity contribution in [2.75, 3.05) is 0 Å². The van der Waals surface area contributed by atoms with Gasteiger partial charge in [0.05, 0.1) is 5.39 Å². The number of nitrogens with two attached hydrogens (primary N) is 1. The quantitative estimate of drug-likeness (QED) is 0.371. The van der Waals surface area contributed by atoms with Crippen LogP contribution in [-0.4, -0.2) is 5.91 Å². The monoisotopic (exact) mass is 459 g/mol. The number of aryl methyl sites for hydroxylation is 1. The molecule has 0 saturated carbocycles. The largest absolute Gasteiger partial charge is 0.460 e. The van der Waals surface area contributed by atoms with Crippen molar-refractivity contribution in [2.45, 2.75) is 33.1 Å². The van der Waals surface area contributed by atoms with Crippen molar-refractivity contribution in [3.63, 3.8) is 0 Å². The Morgan fingerprint density at radius 3 is 2.42 bits per heavy atom. The van der Waals surface area contributed by atoms with Gasteiger partial charge in [0.1, 0.15) is 11.3 Å².